The monoisotopic (exact) mass is 287 g/mol. The molecule has 6 nitrogen and oxygen atoms in total. The van der Waals surface area contributed by atoms with Crippen molar-refractivity contribution in [1.82, 2.24) is 4.72 Å². The molecular formula is C12H17NO5S. The third-order valence-corrected chi connectivity index (χ3v) is 4.06. The van der Waals surface area contributed by atoms with E-state index in [-0.39, 0.29) is 17.9 Å². The lowest BCUT2D eigenvalue weighted by atomic mass is 10.1. The summed E-state index contributed by atoms with van der Waals surface area (Å²) in [6.45, 7) is 1.70. The number of hydrogen-bond donors (Lipinski definition) is 3. The Morgan fingerprint density at radius 3 is 2.37 bits per heavy atom. The fourth-order valence-electron chi connectivity index (χ4n) is 1.59. The Morgan fingerprint density at radius 1 is 1.32 bits per heavy atom. The van der Waals surface area contributed by atoms with E-state index >= 15 is 0 Å². The molecule has 1 atom stereocenters. The van der Waals surface area contributed by atoms with Crippen molar-refractivity contribution < 1.29 is 23.4 Å². The number of phenolic OH excluding ortho intramolecular Hbond substituents is 1. The summed E-state index contributed by atoms with van der Waals surface area (Å²) in [4.78, 5) is 11.1. The third-order valence-electron chi connectivity index (χ3n) is 2.47. The van der Waals surface area contributed by atoms with Crippen LogP contribution in [0, 0.1) is 0 Å². The zero-order valence-electron chi connectivity index (χ0n) is 10.5. The summed E-state index contributed by atoms with van der Waals surface area (Å²) in [5.41, 5.74) is 0.629. The molecule has 1 aromatic carbocycles. The van der Waals surface area contributed by atoms with E-state index < -0.39 is 22.0 Å². The van der Waals surface area contributed by atoms with Gasteiger partial charge in [-0.1, -0.05) is 19.1 Å². The number of benzene rings is 1. The molecule has 0 spiro atoms. The number of phenols is 1. The van der Waals surface area contributed by atoms with Gasteiger partial charge in [0.1, 0.15) is 11.8 Å². The van der Waals surface area contributed by atoms with Gasteiger partial charge in [0.2, 0.25) is 10.0 Å². The van der Waals surface area contributed by atoms with Gasteiger partial charge in [-0.05, 0) is 30.5 Å². The maximum absolute atomic E-state index is 11.6. The molecule has 0 saturated heterocycles. The van der Waals surface area contributed by atoms with Gasteiger partial charge in [0, 0.05) is 0 Å². The van der Waals surface area contributed by atoms with Crippen molar-refractivity contribution in [2.45, 2.75) is 25.8 Å². The lowest BCUT2D eigenvalue weighted by molar-refractivity contribution is -0.138. The molecule has 3 N–H and O–H groups in total. The Morgan fingerprint density at radius 2 is 1.89 bits per heavy atom. The van der Waals surface area contributed by atoms with E-state index in [0.29, 0.717) is 12.0 Å². The lowest BCUT2D eigenvalue weighted by Crippen LogP contribution is -2.43. The maximum atomic E-state index is 11.6. The molecule has 0 aliphatic heterocycles. The summed E-state index contributed by atoms with van der Waals surface area (Å²) < 4.78 is 25.3. The highest BCUT2D eigenvalue weighted by Crippen LogP contribution is 2.12. The van der Waals surface area contributed by atoms with Crippen molar-refractivity contribution in [2.75, 3.05) is 5.75 Å². The quantitative estimate of drug-likeness (QED) is 0.685. The zero-order chi connectivity index (χ0) is 14.5. The normalized spacial score (nSPS) is 13.1. The number of rotatable bonds is 7. The van der Waals surface area contributed by atoms with Crippen LogP contribution in [-0.4, -0.2) is 36.4 Å². The second kappa shape index (κ2) is 6.53. The number of sulfonamides is 1. The molecule has 0 heterocycles. The first-order valence-electron chi connectivity index (χ1n) is 5.85. The summed E-state index contributed by atoms with van der Waals surface area (Å²) in [7, 11) is -3.58. The first-order valence-corrected chi connectivity index (χ1v) is 7.50. The first kappa shape index (κ1) is 15.5. The molecule has 0 aromatic heterocycles. The fourth-order valence-corrected chi connectivity index (χ4v) is 2.86. The minimum absolute atomic E-state index is 0.0263. The van der Waals surface area contributed by atoms with Gasteiger partial charge < -0.3 is 10.2 Å². The van der Waals surface area contributed by atoms with Crippen molar-refractivity contribution in [3.8, 4) is 5.75 Å². The van der Waals surface area contributed by atoms with E-state index in [1.807, 2.05) is 0 Å². The minimum atomic E-state index is -3.58. The number of hydrogen-bond acceptors (Lipinski definition) is 4. The van der Waals surface area contributed by atoms with E-state index in [4.69, 9.17) is 10.2 Å². The molecule has 0 unspecified atom stereocenters. The Hall–Kier alpha value is -1.60. The van der Waals surface area contributed by atoms with Gasteiger partial charge >= 0.3 is 5.97 Å². The predicted octanol–water partition coefficient (Wildman–Crippen LogP) is 0.717. The maximum Gasteiger partial charge on any atom is 0.322 e. The average Bonchev–Trinajstić information content (AvgIpc) is 2.30. The van der Waals surface area contributed by atoms with Crippen LogP contribution < -0.4 is 4.72 Å². The van der Waals surface area contributed by atoms with E-state index in [0.717, 1.165) is 0 Å². The number of carboxylic acids is 1. The molecule has 0 aliphatic rings. The SMILES string of the molecule is CCCS(=O)(=O)N[C@H](Cc1ccc(O)cc1)C(=O)O. The molecule has 19 heavy (non-hydrogen) atoms. The van der Waals surface area contributed by atoms with Crippen molar-refractivity contribution in [3.63, 3.8) is 0 Å². The van der Waals surface area contributed by atoms with Gasteiger partial charge in [-0.2, -0.15) is 0 Å². The summed E-state index contributed by atoms with van der Waals surface area (Å²) in [6, 6.07) is 4.75. The van der Waals surface area contributed by atoms with Gasteiger partial charge in [-0.15, -0.1) is 0 Å². The van der Waals surface area contributed by atoms with E-state index in [2.05, 4.69) is 4.72 Å². The van der Waals surface area contributed by atoms with E-state index in [9.17, 15) is 13.2 Å². The van der Waals surface area contributed by atoms with Crippen LogP contribution in [-0.2, 0) is 21.2 Å². The Kier molecular flexibility index (Phi) is 5.31. The van der Waals surface area contributed by atoms with Crippen molar-refractivity contribution in [1.29, 1.82) is 0 Å². The van der Waals surface area contributed by atoms with Gasteiger partial charge in [-0.3, -0.25) is 4.79 Å². The third kappa shape index (κ3) is 5.27. The highest BCUT2D eigenvalue weighted by molar-refractivity contribution is 7.89. The topological polar surface area (TPSA) is 104 Å². The molecule has 0 aliphatic carbocycles. The lowest BCUT2D eigenvalue weighted by Gasteiger charge is -2.14. The molecule has 0 amide bonds. The molecular weight excluding hydrogens is 270 g/mol. The Bertz CT molecular complexity index is 524. The number of aromatic hydroxyl groups is 1. The molecule has 1 rings (SSSR count). The number of aliphatic carboxylic acids is 1. The standard InChI is InChI=1S/C12H17NO5S/c1-2-7-19(17,18)13-11(12(15)16)8-9-3-5-10(14)6-4-9/h3-6,11,13-14H,2,7-8H2,1H3,(H,15,16)/t11-/m1/s1. The minimum Gasteiger partial charge on any atom is -0.508 e. The van der Waals surface area contributed by atoms with Gasteiger partial charge in [0.15, 0.2) is 0 Å². The summed E-state index contributed by atoms with van der Waals surface area (Å²) >= 11 is 0. The molecule has 106 valence electrons. The Balaban J connectivity index is 2.79. The largest absolute Gasteiger partial charge is 0.508 e. The van der Waals surface area contributed by atoms with Crippen LogP contribution in [0.5, 0.6) is 5.75 Å². The van der Waals surface area contributed by atoms with Crippen molar-refractivity contribution in [2.24, 2.45) is 0 Å². The van der Waals surface area contributed by atoms with Gasteiger partial charge in [0.05, 0.1) is 5.75 Å². The summed E-state index contributed by atoms with van der Waals surface area (Å²) in [6.07, 6.45) is 0.444. The Labute approximate surface area is 112 Å². The van der Waals surface area contributed by atoms with Gasteiger partial charge in [-0.25, -0.2) is 13.1 Å². The first-order chi connectivity index (χ1) is 8.84. The molecule has 0 fully saturated rings. The zero-order valence-corrected chi connectivity index (χ0v) is 11.4. The van der Waals surface area contributed by atoms with Crippen LogP contribution in [0.15, 0.2) is 24.3 Å². The highest BCUT2D eigenvalue weighted by atomic mass is 32.2. The summed E-state index contributed by atoms with van der Waals surface area (Å²) in [5.74, 6) is -1.26. The van der Waals surface area contributed by atoms with Crippen molar-refractivity contribution >= 4 is 16.0 Å². The second-order valence-electron chi connectivity index (χ2n) is 4.20. The predicted molar refractivity (Wildman–Crippen MR) is 70.4 cm³/mol. The van der Waals surface area contributed by atoms with Crippen LogP contribution >= 0.6 is 0 Å². The molecule has 0 saturated carbocycles. The number of carboxylic acid groups (broad SMARTS) is 1. The highest BCUT2D eigenvalue weighted by Gasteiger charge is 2.23. The van der Waals surface area contributed by atoms with E-state index in [1.54, 1.807) is 19.1 Å². The van der Waals surface area contributed by atoms with Crippen LogP contribution in [0.4, 0.5) is 0 Å². The number of carbonyl (C=O) groups is 1. The fraction of sp³-hybridized carbons (Fsp3) is 0.417. The molecule has 1 aromatic rings. The van der Waals surface area contributed by atoms with Crippen LogP contribution in [0.25, 0.3) is 0 Å². The van der Waals surface area contributed by atoms with Gasteiger partial charge in [0.25, 0.3) is 0 Å². The van der Waals surface area contributed by atoms with Crippen LogP contribution in [0.1, 0.15) is 18.9 Å². The van der Waals surface area contributed by atoms with Crippen LogP contribution in [0.3, 0.4) is 0 Å². The molecule has 0 radical (unpaired) electrons. The van der Waals surface area contributed by atoms with Crippen molar-refractivity contribution in [3.05, 3.63) is 29.8 Å². The number of nitrogens with one attached hydrogen (secondary N) is 1. The smallest absolute Gasteiger partial charge is 0.322 e. The molecule has 7 heteroatoms. The average molecular weight is 287 g/mol. The second-order valence-corrected chi connectivity index (χ2v) is 6.07. The van der Waals surface area contributed by atoms with Crippen LogP contribution in [0.2, 0.25) is 0 Å². The summed E-state index contributed by atoms with van der Waals surface area (Å²) in [5, 5.41) is 18.2. The molecule has 0 bridgehead atoms. The van der Waals surface area contributed by atoms with E-state index in [1.165, 1.54) is 12.1 Å².